The summed E-state index contributed by atoms with van der Waals surface area (Å²) in [5.41, 5.74) is 5.97. The van der Waals surface area contributed by atoms with Crippen LogP contribution < -0.4 is 14.9 Å². The van der Waals surface area contributed by atoms with E-state index < -0.39 is 0 Å². The largest absolute Gasteiger partial charge is 0.490 e. The van der Waals surface area contributed by atoms with Crippen molar-refractivity contribution >= 4 is 23.5 Å². The lowest BCUT2D eigenvalue weighted by Crippen LogP contribution is -2.07. The molecule has 0 fully saturated rings. The second-order valence-electron chi connectivity index (χ2n) is 6.20. The summed E-state index contributed by atoms with van der Waals surface area (Å²) in [5, 5.41) is 4.77. The molecule has 25 heavy (non-hydrogen) atoms. The van der Waals surface area contributed by atoms with Crippen LogP contribution in [0.1, 0.15) is 31.9 Å². The average Bonchev–Trinajstić information content (AvgIpc) is 2.56. The van der Waals surface area contributed by atoms with Gasteiger partial charge in [-0.3, -0.25) is 5.43 Å². The first kappa shape index (κ1) is 19.1. The molecule has 0 aromatic heterocycles. The molecule has 0 spiro atoms. The quantitative estimate of drug-likeness (QED) is 0.497. The summed E-state index contributed by atoms with van der Waals surface area (Å²) in [6.45, 7) is 9.28. The molecule has 0 unspecified atom stereocenters. The molecule has 0 aliphatic heterocycles. The van der Waals surface area contributed by atoms with Gasteiger partial charge in [0.05, 0.1) is 30.1 Å². The van der Waals surface area contributed by atoms with E-state index in [1.54, 1.807) is 6.21 Å². The highest BCUT2D eigenvalue weighted by Gasteiger charge is 2.12. The predicted molar refractivity (Wildman–Crippen MR) is 105 cm³/mol. The molecule has 0 aliphatic rings. The van der Waals surface area contributed by atoms with Crippen LogP contribution in [0.15, 0.2) is 41.5 Å². The number of hydrogen-bond acceptors (Lipinski definition) is 4. The first-order chi connectivity index (χ1) is 12.0. The average molecular weight is 361 g/mol. The third-order valence-corrected chi connectivity index (χ3v) is 3.63. The van der Waals surface area contributed by atoms with Crippen molar-refractivity contribution in [3.05, 3.63) is 52.5 Å². The minimum atomic E-state index is 0.408. The van der Waals surface area contributed by atoms with Gasteiger partial charge >= 0.3 is 0 Å². The van der Waals surface area contributed by atoms with Crippen molar-refractivity contribution in [2.24, 2.45) is 11.0 Å². The van der Waals surface area contributed by atoms with E-state index in [1.807, 2.05) is 50.2 Å². The molecule has 1 N–H and O–H groups in total. The summed E-state index contributed by atoms with van der Waals surface area (Å²) >= 11 is 6.38. The van der Waals surface area contributed by atoms with Gasteiger partial charge in [-0.05, 0) is 49.6 Å². The third kappa shape index (κ3) is 5.98. The molecule has 0 atom stereocenters. The van der Waals surface area contributed by atoms with Crippen LogP contribution in [-0.4, -0.2) is 19.4 Å². The van der Waals surface area contributed by atoms with Crippen LogP contribution in [0.25, 0.3) is 0 Å². The molecule has 5 heteroatoms. The molecule has 2 rings (SSSR count). The minimum absolute atomic E-state index is 0.408. The van der Waals surface area contributed by atoms with Crippen molar-refractivity contribution < 1.29 is 9.47 Å². The molecule has 0 amide bonds. The molecule has 0 saturated carbocycles. The SMILES string of the molecule is CCOc1cc(/C=N/Nc2ccc(C)cc2)cc(Cl)c1OCC(C)C. The first-order valence-corrected chi connectivity index (χ1v) is 8.82. The molecule has 2 aromatic carbocycles. The first-order valence-electron chi connectivity index (χ1n) is 8.44. The van der Waals surface area contributed by atoms with Gasteiger partial charge in [-0.1, -0.05) is 43.1 Å². The Morgan fingerprint density at radius 1 is 1.16 bits per heavy atom. The van der Waals surface area contributed by atoms with Crippen molar-refractivity contribution in [2.45, 2.75) is 27.7 Å². The zero-order chi connectivity index (χ0) is 18.2. The van der Waals surface area contributed by atoms with Crippen LogP contribution in [0.5, 0.6) is 11.5 Å². The Hall–Kier alpha value is -2.20. The highest BCUT2D eigenvalue weighted by atomic mass is 35.5. The van der Waals surface area contributed by atoms with E-state index in [0.29, 0.717) is 35.7 Å². The van der Waals surface area contributed by atoms with Crippen LogP contribution in [0.2, 0.25) is 5.02 Å². The molecular formula is C20H25ClN2O2. The van der Waals surface area contributed by atoms with Gasteiger partial charge < -0.3 is 9.47 Å². The molecule has 134 valence electrons. The van der Waals surface area contributed by atoms with E-state index in [9.17, 15) is 0 Å². The van der Waals surface area contributed by atoms with Crippen molar-refractivity contribution in [3.8, 4) is 11.5 Å². The molecule has 0 bridgehead atoms. The van der Waals surface area contributed by atoms with Gasteiger partial charge in [0, 0.05) is 0 Å². The summed E-state index contributed by atoms with van der Waals surface area (Å²) in [6.07, 6.45) is 1.71. The molecule has 2 aromatic rings. The van der Waals surface area contributed by atoms with Crippen LogP contribution in [0, 0.1) is 12.8 Å². The maximum atomic E-state index is 6.38. The van der Waals surface area contributed by atoms with Crippen LogP contribution in [0.4, 0.5) is 5.69 Å². The van der Waals surface area contributed by atoms with Crippen LogP contribution in [0.3, 0.4) is 0 Å². The molecule has 0 aliphatic carbocycles. The Morgan fingerprint density at radius 3 is 2.52 bits per heavy atom. The van der Waals surface area contributed by atoms with Crippen molar-refractivity contribution in [2.75, 3.05) is 18.6 Å². The zero-order valence-electron chi connectivity index (χ0n) is 15.2. The maximum absolute atomic E-state index is 6.38. The number of anilines is 1. The molecule has 0 heterocycles. The van der Waals surface area contributed by atoms with E-state index in [1.165, 1.54) is 5.56 Å². The van der Waals surface area contributed by atoms with E-state index in [-0.39, 0.29) is 0 Å². The fourth-order valence-corrected chi connectivity index (χ4v) is 2.40. The van der Waals surface area contributed by atoms with E-state index in [4.69, 9.17) is 21.1 Å². The van der Waals surface area contributed by atoms with E-state index in [0.717, 1.165) is 11.3 Å². The monoisotopic (exact) mass is 360 g/mol. The van der Waals surface area contributed by atoms with Crippen LogP contribution >= 0.6 is 11.6 Å². The van der Waals surface area contributed by atoms with Crippen molar-refractivity contribution in [1.29, 1.82) is 0 Å². The summed E-state index contributed by atoms with van der Waals surface area (Å²) in [6, 6.07) is 11.7. The van der Waals surface area contributed by atoms with Crippen molar-refractivity contribution in [1.82, 2.24) is 0 Å². The van der Waals surface area contributed by atoms with Gasteiger partial charge in [-0.2, -0.15) is 5.10 Å². The summed E-state index contributed by atoms with van der Waals surface area (Å²) < 4.78 is 11.5. The van der Waals surface area contributed by atoms with Crippen LogP contribution in [-0.2, 0) is 0 Å². The third-order valence-electron chi connectivity index (χ3n) is 3.35. The summed E-state index contributed by atoms with van der Waals surface area (Å²) in [5.74, 6) is 1.62. The van der Waals surface area contributed by atoms with Gasteiger partial charge in [-0.25, -0.2) is 0 Å². The summed E-state index contributed by atoms with van der Waals surface area (Å²) in [7, 11) is 0. The Kier molecular flexibility index (Phi) is 7.14. The van der Waals surface area contributed by atoms with Gasteiger partial charge in [0.1, 0.15) is 0 Å². The lowest BCUT2D eigenvalue weighted by Gasteiger charge is -2.15. The number of aryl methyl sites for hydroxylation is 1. The number of hydrazone groups is 1. The second kappa shape index (κ2) is 9.33. The van der Waals surface area contributed by atoms with Gasteiger partial charge in [0.15, 0.2) is 11.5 Å². The highest BCUT2D eigenvalue weighted by molar-refractivity contribution is 6.32. The second-order valence-corrected chi connectivity index (χ2v) is 6.61. The van der Waals surface area contributed by atoms with Gasteiger partial charge in [-0.15, -0.1) is 0 Å². The Labute approximate surface area is 154 Å². The lowest BCUT2D eigenvalue weighted by atomic mass is 10.2. The number of ether oxygens (including phenoxy) is 2. The van der Waals surface area contributed by atoms with E-state index in [2.05, 4.69) is 24.4 Å². The Morgan fingerprint density at radius 2 is 1.88 bits per heavy atom. The molecule has 0 radical (unpaired) electrons. The standard InChI is InChI=1S/C20H25ClN2O2/c1-5-24-19-11-16(10-18(21)20(19)25-13-14(2)3)12-22-23-17-8-6-15(4)7-9-17/h6-12,14,23H,5,13H2,1-4H3/b22-12+. The predicted octanol–water partition coefficient (Wildman–Crippen LogP) is 5.53. The Bertz CT molecular complexity index is 712. The summed E-state index contributed by atoms with van der Waals surface area (Å²) in [4.78, 5) is 0. The number of rotatable bonds is 8. The maximum Gasteiger partial charge on any atom is 0.179 e. The van der Waals surface area contributed by atoms with Crippen molar-refractivity contribution in [3.63, 3.8) is 0 Å². The number of halogens is 1. The Balaban J connectivity index is 2.14. The van der Waals surface area contributed by atoms with Gasteiger partial charge in [0.2, 0.25) is 0 Å². The topological polar surface area (TPSA) is 42.8 Å². The smallest absolute Gasteiger partial charge is 0.179 e. The molecule has 4 nitrogen and oxygen atoms in total. The lowest BCUT2D eigenvalue weighted by molar-refractivity contribution is 0.248. The number of benzene rings is 2. The fourth-order valence-electron chi connectivity index (χ4n) is 2.12. The fraction of sp³-hybridized carbons (Fsp3) is 0.350. The molecular weight excluding hydrogens is 336 g/mol. The van der Waals surface area contributed by atoms with Gasteiger partial charge in [0.25, 0.3) is 0 Å². The minimum Gasteiger partial charge on any atom is -0.490 e. The zero-order valence-corrected chi connectivity index (χ0v) is 15.9. The number of nitrogens with one attached hydrogen (secondary N) is 1. The number of hydrogen-bond donors (Lipinski definition) is 1. The van der Waals surface area contributed by atoms with E-state index >= 15 is 0 Å². The molecule has 0 saturated heterocycles. The number of nitrogens with zero attached hydrogens (tertiary/aromatic N) is 1. The normalized spacial score (nSPS) is 11.1. The highest BCUT2D eigenvalue weighted by Crippen LogP contribution is 2.36.